The van der Waals surface area contributed by atoms with Crippen molar-refractivity contribution in [1.29, 1.82) is 0 Å². The van der Waals surface area contributed by atoms with Crippen LogP contribution >= 0.6 is 11.3 Å². The molecule has 0 atom stereocenters. The predicted octanol–water partition coefficient (Wildman–Crippen LogP) is 14.6. The summed E-state index contributed by atoms with van der Waals surface area (Å²) in [6.45, 7) is 0. The van der Waals surface area contributed by atoms with Crippen LogP contribution in [0.5, 0.6) is 0 Å². The van der Waals surface area contributed by atoms with Crippen LogP contribution in [0.4, 0.5) is 17.1 Å². The molecule has 0 fully saturated rings. The molecule has 10 aromatic rings. The minimum Gasteiger partial charge on any atom is -0.309 e. The Morgan fingerprint density at radius 3 is 1.80 bits per heavy atom. The molecule has 1 aromatic heterocycles. The molecule has 1 nitrogen and oxygen atoms in total. The first kappa shape index (κ1) is 35.7. The fourth-order valence-electron chi connectivity index (χ4n) is 10.5. The third-order valence-corrected chi connectivity index (χ3v) is 14.1. The molecule has 288 valence electrons. The lowest BCUT2D eigenvalue weighted by Crippen LogP contribution is -2.31. The Balaban J connectivity index is 1.15. The topological polar surface area (TPSA) is 3.24 Å². The van der Waals surface area contributed by atoms with E-state index in [1.54, 1.807) is 0 Å². The van der Waals surface area contributed by atoms with E-state index in [1.165, 1.54) is 86.2 Å². The van der Waals surface area contributed by atoms with Crippen LogP contribution in [-0.2, 0) is 5.41 Å². The molecular weight excluding hydrogens is 755 g/mol. The van der Waals surface area contributed by atoms with Crippen molar-refractivity contribution < 1.29 is 0 Å². The van der Waals surface area contributed by atoms with E-state index >= 15 is 0 Å². The number of thiophene rings is 1. The number of hydrogen-bond acceptors (Lipinski definition) is 2. The monoisotopic (exact) mass is 795 g/mol. The molecule has 0 saturated heterocycles. The van der Waals surface area contributed by atoms with Crippen molar-refractivity contribution in [2.75, 3.05) is 4.90 Å². The maximum atomic E-state index is 2.55. The summed E-state index contributed by atoms with van der Waals surface area (Å²) < 4.78 is 2.64. The molecule has 0 aliphatic heterocycles. The van der Waals surface area contributed by atoms with Gasteiger partial charge in [0.25, 0.3) is 0 Å². The van der Waals surface area contributed by atoms with Gasteiger partial charge < -0.3 is 4.90 Å². The number of hydrogen-bond donors (Lipinski definition) is 0. The van der Waals surface area contributed by atoms with Crippen LogP contribution in [0, 0.1) is 0 Å². The third kappa shape index (κ3) is 5.53. The Morgan fingerprint density at radius 1 is 0.410 bits per heavy atom. The summed E-state index contributed by atoms with van der Waals surface area (Å²) in [6, 6.07) is 79.0. The molecule has 9 aromatic carbocycles. The van der Waals surface area contributed by atoms with Gasteiger partial charge in [0.1, 0.15) is 0 Å². The van der Waals surface area contributed by atoms with Gasteiger partial charge in [0.2, 0.25) is 0 Å². The smallest absolute Gasteiger partial charge is 0.0714 e. The van der Waals surface area contributed by atoms with Crippen molar-refractivity contribution in [3.8, 4) is 33.4 Å². The molecule has 1 heterocycles. The van der Waals surface area contributed by atoms with Gasteiger partial charge in [-0.15, -0.1) is 11.3 Å². The molecule has 0 radical (unpaired) electrons. The van der Waals surface area contributed by atoms with Gasteiger partial charge in [-0.2, -0.15) is 0 Å². The van der Waals surface area contributed by atoms with Crippen LogP contribution in [-0.4, -0.2) is 0 Å². The van der Waals surface area contributed by atoms with E-state index in [4.69, 9.17) is 0 Å². The summed E-state index contributed by atoms with van der Waals surface area (Å²) in [5.74, 6) is 0. The molecule has 12 rings (SSSR count). The van der Waals surface area contributed by atoms with Crippen molar-refractivity contribution in [2.45, 2.75) is 18.3 Å². The Labute approximate surface area is 360 Å². The largest absolute Gasteiger partial charge is 0.309 e. The Kier molecular flexibility index (Phi) is 8.47. The lowest BCUT2D eigenvalue weighted by atomic mass is 9.68. The third-order valence-electron chi connectivity index (χ3n) is 13.0. The van der Waals surface area contributed by atoms with E-state index < -0.39 is 5.41 Å². The molecule has 61 heavy (non-hydrogen) atoms. The van der Waals surface area contributed by atoms with Gasteiger partial charge in [-0.1, -0.05) is 188 Å². The second-order valence-corrected chi connectivity index (χ2v) is 17.3. The van der Waals surface area contributed by atoms with Gasteiger partial charge in [0, 0.05) is 37.0 Å². The number of fused-ring (bicyclic) bond motifs is 7. The minimum atomic E-state index is -0.511. The molecular formula is C59H41NS. The molecule has 0 unspecified atom stereocenters. The van der Waals surface area contributed by atoms with Crippen molar-refractivity contribution in [1.82, 2.24) is 0 Å². The first-order valence-corrected chi connectivity index (χ1v) is 22.1. The summed E-state index contributed by atoms with van der Waals surface area (Å²) in [5, 5.41) is 5.26. The maximum absolute atomic E-state index is 2.55. The molecule has 0 N–H and O–H groups in total. The lowest BCUT2D eigenvalue weighted by molar-refractivity contribution is 0.768. The van der Waals surface area contributed by atoms with Gasteiger partial charge in [-0.3, -0.25) is 0 Å². The summed E-state index contributed by atoms with van der Waals surface area (Å²) in [7, 11) is 0. The molecule has 2 aliphatic rings. The Morgan fingerprint density at radius 2 is 1.02 bits per heavy atom. The van der Waals surface area contributed by atoms with Crippen LogP contribution in [0.2, 0.25) is 0 Å². The Bertz CT molecular complexity index is 3360. The van der Waals surface area contributed by atoms with Crippen molar-refractivity contribution >= 4 is 60.7 Å². The summed E-state index contributed by atoms with van der Waals surface area (Å²) in [5.41, 5.74) is 15.5. The van der Waals surface area contributed by atoms with E-state index in [9.17, 15) is 0 Å². The summed E-state index contributed by atoms with van der Waals surface area (Å²) in [4.78, 5) is 2.55. The first-order valence-electron chi connectivity index (χ1n) is 21.3. The standard InChI is InChI=1S/C59H41NS/c1-4-19-42(20-5-1)56-46-25-11-10-18-40(46)36-39-53(56)60(45-37-34-41(35-38-45)47-28-16-33-55-57(47)49-27-13-15-32-54(49)61-55)52-31-17-30-51-58(52)48-26-12-14-29-50(48)59(51,43-21-6-2-7-22-43)44-23-8-3-9-24-44/h1-9,12-39H,10-11H2. The molecule has 0 spiro atoms. The molecule has 0 amide bonds. The second-order valence-electron chi connectivity index (χ2n) is 16.2. The number of nitrogens with zero attached hydrogens (tertiary/aromatic N) is 1. The summed E-state index contributed by atoms with van der Waals surface area (Å²) >= 11 is 1.87. The molecule has 0 bridgehead atoms. The van der Waals surface area contributed by atoms with Gasteiger partial charge in [0.15, 0.2) is 0 Å². The number of rotatable bonds is 7. The quantitative estimate of drug-likeness (QED) is 0.155. The van der Waals surface area contributed by atoms with E-state index in [-0.39, 0.29) is 0 Å². The highest BCUT2D eigenvalue weighted by Crippen LogP contribution is 2.59. The van der Waals surface area contributed by atoms with Crippen LogP contribution in [0.1, 0.15) is 35.1 Å². The van der Waals surface area contributed by atoms with Crippen molar-refractivity contribution in [2.24, 2.45) is 0 Å². The minimum absolute atomic E-state index is 0.511. The Hall–Kier alpha value is -7.26. The van der Waals surface area contributed by atoms with Gasteiger partial charge in [-0.05, 0) is 104 Å². The highest BCUT2D eigenvalue weighted by Gasteiger charge is 2.47. The number of anilines is 3. The van der Waals surface area contributed by atoms with E-state index in [1.807, 2.05) is 11.3 Å². The van der Waals surface area contributed by atoms with Crippen LogP contribution in [0.25, 0.3) is 65.7 Å². The van der Waals surface area contributed by atoms with Crippen molar-refractivity contribution in [3.63, 3.8) is 0 Å². The maximum Gasteiger partial charge on any atom is 0.0714 e. The molecule has 2 heteroatoms. The highest BCUT2D eigenvalue weighted by molar-refractivity contribution is 7.25. The molecule has 2 aliphatic carbocycles. The van der Waals surface area contributed by atoms with E-state index in [2.05, 4.69) is 229 Å². The van der Waals surface area contributed by atoms with Gasteiger partial charge >= 0.3 is 0 Å². The average Bonchev–Trinajstić information content (AvgIpc) is 3.87. The fraction of sp³-hybridized carbons (Fsp3) is 0.0508. The predicted molar refractivity (Wildman–Crippen MR) is 260 cm³/mol. The highest BCUT2D eigenvalue weighted by atomic mass is 32.1. The zero-order chi connectivity index (χ0) is 40.3. The lowest BCUT2D eigenvalue weighted by Gasteiger charge is -2.34. The normalized spacial score (nSPS) is 13.5. The van der Waals surface area contributed by atoms with Crippen LogP contribution in [0.3, 0.4) is 0 Å². The average molecular weight is 796 g/mol. The zero-order valence-corrected chi connectivity index (χ0v) is 34.4. The van der Waals surface area contributed by atoms with Crippen LogP contribution < -0.4 is 15.3 Å². The molecule has 0 saturated carbocycles. The zero-order valence-electron chi connectivity index (χ0n) is 33.6. The van der Waals surface area contributed by atoms with Gasteiger partial charge in [-0.25, -0.2) is 0 Å². The van der Waals surface area contributed by atoms with Gasteiger partial charge in [0.05, 0.1) is 16.8 Å². The second kappa shape index (κ2) is 14.5. The fourth-order valence-corrected chi connectivity index (χ4v) is 11.6. The van der Waals surface area contributed by atoms with Crippen LogP contribution in [0.15, 0.2) is 212 Å². The number of benzene rings is 9. The van der Waals surface area contributed by atoms with E-state index in [0.29, 0.717) is 0 Å². The van der Waals surface area contributed by atoms with Crippen molar-refractivity contribution in [3.05, 3.63) is 245 Å². The summed E-state index contributed by atoms with van der Waals surface area (Å²) in [6.07, 6.45) is 6.94. The first-order chi connectivity index (χ1) is 30.3. The SMILES string of the molecule is C1=c2ccc(N(c3ccc(-c4cccc5sc6ccccc6c45)cc3)c3cccc4c3-c3ccccc3C4(c3ccccc3)c3ccccc3)c(-c3ccccc3)c2=CCC1. The van der Waals surface area contributed by atoms with E-state index in [0.717, 1.165) is 29.9 Å².